The Labute approximate surface area is 137 Å². The molecule has 23 heavy (non-hydrogen) atoms. The van der Waals surface area contributed by atoms with E-state index in [1.807, 2.05) is 14.1 Å². The highest BCUT2D eigenvalue weighted by Gasteiger charge is 2.24. The molecule has 0 aliphatic carbocycles. The Morgan fingerprint density at radius 2 is 2.13 bits per heavy atom. The van der Waals surface area contributed by atoms with E-state index >= 15 is 0 Å². The number of nitrogens with zero attached hydrogens (tertiary/aromatic N) is 1. The predicted octanol–water partition coefficient (Wildman–Crippen LogP) is 1.72. The second kappa shape index (κ2) is 7.46. The van der Waals surface area contributed by atoms with Crippen molar-refractivity contribution in [1.29, 1.82) is 0 Å². The van der Waals surface area contributed by atoms with Gasteiger partial charge in [-0.15, -0.1) is 0 Å². The lowest BCUT2D eigenvalue weighted by Gasteiger charge is -2.25. The van der Waals surface area contributed by atoms with Crippen LogP contribution < -0.4 is 15.4 Å². The van der Waals surface area contributed by atoms with Gasteiger partial charge in [-0.3, -0.25) is 9.59 Å². The highest BCUT2D eigenvalue weighted by Crippen LogP contribution is 2.31. The van der Waals surface area contributed by atoms with Gasteiger partial charge in [-0.2, -0.15) is 0 Å². The van der Waals surface area contributed by atoms with Gasteiger partial charge in [-0.1, -0.05) is 19.9 Å². The summed E-state index contributed by atoms with van der Waals surface area (Å²) in [4.78, 5) is 26.1. The fourth-order valence-electron chi connectivity index (χ4n) is 2.75. The van der Waals surface area contributed by atoms with Crippen molar-refractivity contribution in [2.75, 3.05) is 32.6 Å². The summed E-state index contributed by atoms with van der Waals surface area (Å²) >= 11 is 0. The first kappa shape index (κ1) is 17.3. The molecule has 1 heterocycles. The lowest BCUT2D eigenvalue weighted by atomic mass is 10.0. The van der Waals surface area contributed by atoms with Crippen molar-refractivity contribution in [3.05, 3.63) is 23.8 Å². The van der Waals surface area contributed by atoms with E-state index in [-0.39, 0.29) is 24.5 Å². The molecule has 0 saturated carbocycles. The topological polar surface area (TPSA) is 70.7 Å². The number of carbonyl (C=O) groups is 2. The minimum Gasteiger partial charge on any atom is -0.481 e. The molecule has 0 fully saturated rings. The number of benzene rings is 1. The minimum absolute atomic E-state index is 0.0616. The monoisotopic (exact) mass is 319 g/mol. The van der Waals surface area contributed by atoms with Crippen LogP contribution in [-0.2, 0) is 4.79 Å². The van der Waals surface area contributed by atoms with E-state index in [4.69, 9.17) is 4.74 Å². The van der Waals surface area contributed by atoms with Crippen LogP contribution in [0, 0.1) is 5.92 Å². The number of para-hydroxylation sites is 1. The molecule has 0 saturated heterocycles. The summed E-state index contributed by atoms with van der Waals surface area (Å²) in [6.07, 6.45) is 0.899. The van der Waals surface area contributed by atoms with Gasteiger partial charge >= 0.3 is 0 Å². The maximum atomic E-state index is 12.6. The van der Waals surface area contributed by atoms with Crippen LogP contribution in [0.3, 0.4) is 0 Å². The third-order valence-electron chi connectivity index (χ3n) is 3.56. The van der Waals surface area contributed by atoms with E-state index < -0.39 is 0 Å². The van der Waals surface area contributed by atoms with E-state index in [0.717, 1.165) is 13.0 Å². The van der Waals surface area contributed by atoms with Crippen molar-refractivity contribution in [2.45, 2.75) is 26.3 Å². The van der Waals surface area contributed by atoms with Gasteiger partial charge in [0.1, 0.15) is 0 Å². The van der Waals surface area contributed by atoms with E-state index in [1.54, 1.807) is 18.2 Å². The van der Waals surface area contributed by atoms with Crippen LogP contribution in [0.4, 0.5) is 5.69 Å². The number of ether oxygens (including phenoxy) is 1. The molecule has 1 aliphatic rings. The molecule has 0 aromatic heterocycles. The van der Waals surface area contributed by atoms with Crippen LogP contribution in [0.2, 0.25) is 0 Å². The van der Waals surface area contributed by atoms with Crippen LogP contribution in [-0.4, -0.2) is 50.0 Å². The third-order valence-corrected chi connectivity index (χ3v) is 3.56. The van der Waals surface area contributed by atoms with Gasteiger partial charge in [0.05, 0.1) is 11.3 Å². The maximum absolute atomic E-state index is 12.6. The molecule has 1 aliphatic heterocycles. The number of hydrogen-bond donors (Lipinski definition) is 2. The lowest BCUT2D eigenvalue weighted by molar-refractivity contribution is -0.118. The molecule has 6 heteroatoms. The molecule has 0 radical (unpaired) electrons. The Kier molecular flexibility index (Phi) is 5.60. The summed E-state index contributed by atoms with van der Waals surface area (Å²) in [6.45, 7) is 4.98. The number of amides is 2. The summed E-state index contributed by atoms with van der Waals surface area (Å²) in [5.74, 6) is 0.545. The summed E-state index contributed by atoms with van der Waals surface area (Å²) < 4.78 is 5.45. The third kappa shape index (κ3) is 4.69. The molecule has 2 amide bonds. The summed E-state index contributed by atoms with van der Waals surface area (Å²) in [5, 5.41) is 5.80. The van der Waals surface area contributed by atoms with Crippen molar-refractivity contribution >= 4 is 17.5 Å². The van der Waals surface area contributed by atoms with Crippen molar-refractivity contribution < 1.29 is 14.3 Å². The number of carbonyl (C=O) groups excluding carboxylic acids is 2. The van der Waals surface area contributed by atoms with Crippen LogP contribution in [0.1, 0.15) is 30.6 Å². The summed E-state index contributed by atoms with van der Waals surface area (Å²) in [5.41, 5.74) is 0.997. The molecule has 0 spiro atoms. The largest absolute Gasteiger partial charge is 0.481 e. The van der Waals surface area contributed by atoms with Gasteiger partial charge in [-0.05, 0) is 38.6 Å². The van der Waals surface area contributed by atoms with Crippen molar-refractivity contribution in [1.82, 2.24) is 10.2 Å². The number of likely N-dealkylation sites (N-methyl/N-ethyl adjacent to an activating group) is 1. The molecule has 2 rings (SSSR count). The average molecular weight is 319 g/mol. The molecule has 0 bridgehead atoms. The van der Waals surface area contributed by atoms with Gasteiger partial charge < -0.3 is 20.3 Å². The van der Waals surface area contributed by atoms with Gasteiger partial charge in [0.25, 0.3) is 11.8 Å². The zero-order valence-corrected chi connectivity index (χ0v) is 14.2. The first-order chi connectivity index (χ1) is 10.9. The van der Waals surface area contributed by atoms with Crippen molar-refractivity contribution in [2.24, 2.45) is 5.92 Å². The predicted molar refractivity (Wildman–Crippen MR) is 89.8 cm³/mol. The first-order valence-corrected chi connectivity index (χ1v) is 7.88. The second-order valence-electron chi connectivity index (χ2n) is 6.58. The number of rotatable bonds is 6. The van der Waals surface area contributed by atoms with E-state index in [2.05, 4.69) is 29.4 Å². The molecule has 1 aromatic rings. The van der Waals surface area contributed by atoms with Gasteiger partial charge in [0, 0.05) is 12.6 Å². The van der Waals surface area contributed by atoms with E-state index in [1.165, 1.54) is 0 Å². The Morgan fingerprint density at radius 3 is 2.78 bits per heavy atom. The Balaban J connectivity index is 2.16. The first-order valence-electron chi connectivity index (χ1n) is 7.88. The summed E-state index contributed by atoms with van der Waals surface area (Å²) in [6, 6.07) is 5.25. The number of hydrogen-bond acceptors (Lipinski definition) is 4. The zero-order valence-electron chi connectivity index (χ0n) is 14.2. The van der Waals surface area contributed by atoms with Crippen LogP contribution in [0.25, 0.3) is 0 Å². The van der Waals surface area contributed by atoms with Crippen LogP contribution in [0.15, 0.2) is 18.2 Å². The van der Waals surface area contributed by atoms with E-state index in [0.29, 0.717) is 22.9 Å². The molecule has 6 nitrogen and oxygen atoms in total. The maximum Gasteiger partial charge on any atom is 0.262 e. The van der Waals surface area contributed by atoms with E-state index in [9.17, 15) is 9.59 Å². The quantitative estimate of drug-likeness (QED) is 0.837. The second-order valence-corrected chi connectivity index (χ2v) is 6.58. The van der Waals surface area contributed by atoms with Crippen molar-refractivity contribution in [3.63, 3.8) is 0 Å². The van der Waals surface area contributed by atoms with Crippen LogP contribution in [0.5, 0.6) is 5.75 Å². The van der Waals surface area contributed by atoms with Crippen LogP contribution >= 0.6 is 0 Å². The molecule has 1 atom stereocenters. The molecule has 2 N–H and O–H groups in total. The normalized spacial score (nSPS) is 15.0. The minimum atomic E-state index is -0.208. The Bertz CT molecular complexity index is 574. The fourth-order valence-corrected chi connectivity index (χ4v) is 2.75. The number of nitrogens with one attached hydrogen (secondary N) is 2. The fraction of sp³-hybridized carbons (Fsp3) is 0.529. The Hall–Kier alpha value is -2.08. The molecular formula is C17H25N3O3. The smallest absolute Gasteiger partial charge is 0.262 e. The molecular weight excluding hydrogens is 294 g/mol. The van der Waals surface area contributed by atoms with Gasteiger partial charge in [0.15, 0.2) is 12.4 Å². The Morgan fingerprint density at radius 1 is 1.39 bits per heavy atom. The number of fused-ring (bicyclic) bond motifs is 1. The average Bonchev–Trinajstić information content (AvgIpc) is 2.44. The standard InChI is InChI=1S/C17H25N3O3/c1-11(2)8-12(9-20(3)4)18-17(22)13-6-5-7-14-16(13)23-10-15(21)19-14/h5-7,11-12H,8-10H2,1-4H3,(H,18,22)(H,19,21). The lowest BCUT2D eigenvalue weighted by Crippen LogP contribution is -2.42. The highest BCUT2D eigenvalue weighted by atomic mass is 16.5. The molecule has 1 aromatic carbocycles. The zero-order chi connectivity index (χ0) is 17.0. The highest BCUT2D eigenvalue weighted by molar-refractivity contribution is 6.03. The van der Waals surface area contributed by atoms with Crippen molar-refractivity contribution in [3.8, 4) is 5.75 Å². The number of anilines is 1. The van der Waals surface area contributed by atoms with Gasteiger partial charge in [0.2, 0.25) is 0 Å². The molecule has 1 unspecified atom stereocenters. The SMILES string of the molecule is CC(C)CC(CN(C)C)NC(=O)c1cccc2c1OCC(=O)N2. The summed E-state index contributed by atoms with van der Waals surface area (Å²) in [7, 11) is 3.98. The molecule has 126 valence electrons. The van der Waals surface area contributed by atoms with Gasteiger partial charge in [-0.25, -0.2) is 0 Å².